The van der Waals surface area contributed by atoms with Crippen molar-refractivity contribution in [1.29, 1.82) is 0 Å². The van der Waals surface area contributed by atoms with E-state index in [4.69, 9.17) is 4.74 Å². The molecule has 88 valence electrons. The average Bonchev–Trinajstić information content (AvgIpc) is 2.17. The number of hydrogen-bond acceptors (Lipinski definition) is 2. The highest BCUT2D eigenvalue weighted by Gasteiger charge is 2.05. The summed E-state index contributed by atoms with van der Waals surface area (Å²) < 4.78 is 5.04. The van der Waals surface area contributed by atoms with Crippen LogP contribution in [0.25, 0.3) is 0 Å². The van der Waals surface area contributed by atoms with Crippen LogP contribution in [0.2, 0.25) is 0 Å². The van der Waals surface area contributed by atoms with E-state index in [1.807, 2.05) is 38.1 Å². The molecule has 0 saturated heterocycles. The first kappa shape index (κ1) is 12.7. The normalized spacial score (nSPS) is 10.5. The van der Waals surface area contributed by atoms with Crippen LogP contribution in [-0.4, -0.2) is 13.0 Å². The number of carbonyl (C=O) groups is 1. The largest absolute Gasteiger partial charge is 0.380 e. The van der Waals surface area contributed by atoms with Crippen LogP contribution >= 0.6 is 0 Å². The summed E-state index contributed by atoms with van der Waals surface area (Å²) in [6.07, 6.45) is 0.550. The van der Waals surface area contributed by atoms with Gasteiger partial charge in [-0.1, -0.05) is 26.0 Å². The molecular formula is C13H19NO2. The van der Waals surface area contributed by atoms with E-state index >= 15 is 0 Å². The molecule has 3 heteroatoms. The van der Waals surface area contributed by atoms with Gasteiger partial charge in [0.15, 0.2) is 0 Å². The highest BCUT2D eigenvalue weighted by atomic mass is 16.5. The summed E-state index contributed by atoms with van der Waals surface area (Å²) in [4.78, 5) is 11.5. The molecule has 0 bridgehead atoms. The van der Waals surface area contributed by atoms with Gasteiger partial charge in [-0.2, -0.15) is 0 Å². The summed E-state index contributed by atoms with van der Waals surface area (Å²) in [7, 11) is 1.66. The highest BCUT2D eigenvalue weighted by Crippen LogP contribution is 2.12. The highest BCUT2D eigenvalue weighted by molar-refractivity contribution is 5.90. The first-order valence-electron chi connectivity index (χ1n) is 5.49. The summed E-state index contributed by atoms with van der Waals surface area (Å²) in [6.45, 7) is 4.62. The van der Waals surface area contributed by atoms with Crippen molar-refractivity contribution in [2.45, 2.75) is 26.9 Å². The third kappa shape index (κ3) is 4.45. The molecule has 1 amide bonds. The van der Waals surface area contributed by atoms with Crippen molar-refractivity contribution in [3.63, 3.8) is 0 Å². The van der Waals surface area contributed by atoms with Crippen molar-refractivity contribution in [2.24, 2.45) is 5.92 Å². The molecule has 0 atom stereocenters. The van der Waals surface area contributed by atoms with Crippen LogP contribution in [0.15, 0.2) is 24.3 Å². The Morgan fingerprint density at radius 2 is 2.19 bits per heavy atom. The van der Waals surface area contributed by atoms with E-state index in [1.54, 1.807) is 7.11 Å². The zero-order valence-electron chi connectivity index (χ0n) is 10.1. The second-order valence-corrected chi connectivity index (χ2v) is 4.28. The topological polar surface area (TPSA) is 38.3 Å². The maximum atomic E-state index is 11.5. The molecule has 0 heterocycles. The van der Waals surface area contributed by atoms with Crippen LogP contribution in [-0.2, 0) is 16.1 Å². The van der Waals surface area contributed by atoms with E-state index in [2.05, 4.69) is 5.32 Å². The van der Waals surface area contributed by atoms with Gasteiger partial charge in [0.2, 0.25) is 5.91 Å². The Kier molecular flexibility index (Phi) is 4.99. The van der Waals surface area contributed by atoms with Crippen LogP contribution < -0.4 is 5.32 Å². The van der Waals surface area contributed by atoms with Gasteiger partial charge in [0.25, 0.3) is 0 Å². The molecule has 1 aromatic carbocycles. The molecule has 0 aliphatic heterocycles. The number of amides is 1. The Hall–Kier alpha value is -1.35. The van der Waals surface area contributed by atoms with Crippen molar-refractivity contribution >= 4 is 11.6 Å². The van der Waals surface area contributed by atoms with E-state index in [9.17, 15) is 4.79 Å². The number of ether oxygens (including phenoxy) is 1. The predicted molar refractivity (Wildman–Crippen MR) is 65.2 cm³/mol. The number of carbonyl (C=O) groups excluding carboxylic acids is 1. The molecule has 0 saturated carbocycles. The van der Waals surface area contributed by atoms with Crippen LogP contribution in [0.4, 0.5) is 5.69 Å². The summed E-state index contributed by atoms with van der Waals surface area (Å²) in [5.74, 6) is 0.437. The van der Waals surface area contributed by atoms with E-state index in [1.165, 1.54) is 0 Å². The Labute approximate surface area is 96.8 Å². The third-order valence-electron chi connectivity index (χ3n) is 2.12. The van der Waals surface area contributed by atoms with Gasteiger partial charge in [0.05, 0.1) is 6.61 Å². The maximum Gasteiger partial charge on any atom is 0.224 e. The summed E-state index contributed by atoms with van der Waals surface area (Å²) in [5.41, 5.74) is 1.89. The van der Waals surface area contributed by atoms with Gasteiger partial charge in [0, 0.05) is 19.2 Å². The summed E-state index contributed by atoms with van der Waals surface area (Å²) in [6, 6.07) is 7.71. The lowest BCUT2D eigenvalue weighted by Crippen LogP contribution is -2.13. The van der Waals surface area contributed by atoms with Crippen molar-refractivity contribution < 1.29 is 9.53 Å². The number of anilines is 1. The SMILES string of the molecule is COCc1cccc(NC(=O)CC(C)C)c1. The van der Waals surface area contributed by atoms with Crippen LogP contribution in [0.5, 0.6) is 0 Å². The fourth-order valence-electron chi connectivity index (χ4n) is 1.49. The van der Waals surface area contributed by atoms with Crippen LogP contribution in [0.1, 0.15) is 25.8 Å². The maximum absolute atomic E-state index is 11.5. The van der Waals surface area contributed by atoms with Gasteiger partial charge in [0.1, 0.15) is 0 Å². The first-order valence-corrected chi connectivity index (χ1v) is 5.49. The van der Waals surface area contributed by atoms with Gasteiger partial charge >= 0.3 is 0 Å². The second-order valence-electron chi connectivity index (χ2n) is 4.28. The summed E-state index contributed by atoms with van der Waals surface area (Å²) >= 11 is 0. The third-order valence-corrected chi connectivity index (χ3v) is 2.12. The van der Waals surface area contributed by atoms with E-state index < -0.39 is 0 Å². The number of methoxy groups -OCH3 is 1. The van der Waals surface area contributed by atoms with E-state index in [0.29, 0.717) is 18.9 Å². The fourth-order valence-corrected chi connectivity index (χ4v) is 1.49. The van der Waals surface area contributed by atoms with Gasteiger partial charge in [-0.25, -0.2) is 0 Å². The number of rotatable bonds is 5. The van der Waals surface area contributed by atoms with Gasteiger partial charge in [-0.3, -0.25) is 4.79 Å². The van der Waals surface area contributed by atoms with Gasteiger partial charge in [-0.15, -0.1) is 0 Å². The number of benzene rings is 1. The van der Waals surface area contributed by atoms with Gasteiger partial charge < -0.3 is 10.1 Å². The van der Waals surface area contributed by atoms with Gasteiger partial charge in [-0.05, 0) is 23.6 Å². The van der Waals surface area contributed by atoms with Crippen molar-refractivity contribution in [2.75, 3.05) is 12.4 Å². The first-order chi connectivity index (χ1) is 7.61. The molecule has 1 N–H and O–H groups in total. The minimum Gasteiger partial charge on any atom is -0.380 e. The quantitative estimate of drug-likeness (QED) is 0.830. The van der Waals surface area contributed by atoms with Crippen molar-refractivity contribution in [1.82, 2.24) is 0 Å². The molecule has 0 aliphatic rings. The minimum absolute atomic E-state index is 0.0598. The Bertz CT molecular complexity index is 348. The lowest BCUT2D eigenvalue weighted by molar-refractivity contribution is -0.116. The average molecular weight is 221 g/mol. The second kappa shape index (κ2) is 6.28. The lowest BCUT2D eigenvalue weighted by atomic mass is 10.1. The Balaban J connectivity index is 2.59. The molecule has 1 aromatic rings. The zero-order chi connectivity index (χ0) is 12.0. The molecule has 0 aromatic heterocycles. The monoisotopic (exact) mass is 221 g/mol. The summed E-state index contributed by atoms with van der Waals surface area (Å²) in [5, 5.41) is 2.88. The molecular weight excluding hydrogens is 202 g/mol. The Morgan fingerprint density at radius 1 is 1.44 bits per heavy atom. The predicted octanol–water partition coefficient (Wildman–Crippen LogP) is 2.82. The standard InChI is InChI=1S/C13H19NO2/c1-10(2)7-13(15)14-12-6-4-5-11(8-12)9-16-3/h4-6,8,10H,7,9H2,1-3H3,(H,14,15). The molecule has 0 fully saturated rings. The fraction of sp³-hybridized carbons (Fsp3) is 0.462. The lowest BCUT2D eigenvalue weighted by Gasteiger charge is -2.08. The van der Waals surface area contributed by atoms with Crippen molar-refractivity contribution in [3.8, 4) is 0 Å². The minimum atomic E-state index is 0.0598. The molecule has 3 nitrogen and oxygen atoms in total. The smallest absolute Gasteiger partial charge is 0.224 e. The molecule has 0 aliphatic carbocycles. The number of hydrogen-bond donors (Lipinski definition) is 1. The molecule has 16 heavy (non-hydrogen) atoms. The van der Waals surface area contributed by atoms with Crippen molar-refractivity contribution in [3.05, 3.63) is 29.8 Å². The molecule has 0 radical (unpaired) electrons. The Morgan fingerprint density at radius 3 is 2.81 bits per heavy atom. The van der Waals surface area contributed by atoms with E-state index in [0.717, 1.165) is 11.3 Å². The van der Waals surface area contributed by atoms with Crippen LogP contribution in [0.3, 0.4) is 0 Å². The van der Waals surface area contributed by atoms with E-state index in [-0.39, 0.29) is 5.91 Å². The van der Waals surface area contributed by atoms with Crippen LogP contribution in [0, 0.1) is 5.92 Å². The molecule has 0 spiro atoms. The molecule has 0 unspecified atom stereocenters. The zero-order valence-corrected chi connectivity index (χ0v) is 10.1. The number of nitrogens with one attached hydrogen (secondary N) is 1. The molecule has 1 rings (SSSR count).